The molecule has 0 atom stereocenters. The number of aliphatic carboxylic acids is 1. The lowest BCUT2D eigenvalue weighted by atomic mass is 9.92. The number of hydrogen-bond acceptors (Lipinski definition) is 4. The highest BCUT2D eigenvalue weighted by Gasteiger charge is 2.30. The zero-order valence-electron chi connectivity index (χ0n) is 15.8. The number of fused-ring (bicyclic) bond motifs is 1. The SMILES string of the molecule is Cc1c(CC(=O)O)cc2ccc(F)cc2c1C(=O)N1CCN(SC2CC2)CC1. The minimum Gasteiger partial charge on any atom is -0.481 e. The minimum atomic E-state index is -0.950. The number of carboxylic acids is 1. The Labute approximate surface area is 167 Å². The van der Waals surface area contributed by atoms with E-state index in [4.69, 9.17) is 0 Å². The molecule has 7 heteroatoms. The van der Waals surface area contributed by atoms with E-state index in [1.165, 1.54) is 25.0 Å². The van der Waals surface area contributed by atoms with Crippen molar-refractivity contribution < 1.29 is 19.1 Å². The van der Waals surface area contributed by atoms with Crippen molar-refractivity contribution in [2.45, 2.75) is 31.4 Å². The van der Waals surface area contributed by atoms with Gasteiger partial charge in [0.2, 0.25) is 0 Å². The van der Waals surface area contributed by atoms with Crippen LogP contribution in [-0.4, -0.2) is 57.6 Å². The Kier molecular flexibility index (Phi) is 5.29. The summed E-state index contributed by atoms with van der Waals surface area (Å²) in [5.41, 5.74) is 1.65. The van der Waals surface area contributed by atoms with E-state index in [1.54, 1.807) is 24.0 Å². The maximum Gasteiger partial charge on any atom is 0.307 e. The van der Waals surface area contributed by atoms with Gasteiger partial charge in [-0.05, 0) is 53.8 Å². The first-order valence-electron chi connectivity index (χ1n) is 9.57. The maximum atomic E-state index is 13.9. The number of carbonyl (C=O) groups is 2. The first-order chi connectivity index (χ1) is 13.4. The Morgan fingerprint density at radius 1 is 1.18 bits per heavy atom. The van der Waals surface area contributed by atoms with Gasteiger partial charge in [-0.1, -0.05) is 24.1 Å². The van der Waals surface area contributed by atoms with E-state index < -0.39 is 11.8 Å². The van der Waals surface area contributed by atoms with Gasteiger partial charge in [0.05, 0.1) is 12.0 Å². The Morgan fingerprint density at radius 2 is 1.89 bits per heavy atom. The zero-order chi connectivity index (χ0) is 19.8. The summed E-state index contributed by atoms with van der Waals surface area (Å²) in [6.45, 7) is 4.63. The molecule has 5 nitrogen and oxygen atoms in total. The van der Waals surface area contributed by atoms with Crippen molar-refractivity contribution in [2.75, 3.05) is 26.2 Å². The van der Waals surface area contributed by atoms with Gasteiger partial charge >= 0.3 is 5.97 Å². The number of halogens is 1. The van der Waals surface area contributed by atoms with Crippen molar-refractivity contribution >= 4 is 34.6 Å². The average molecular weight is 402 g/mol. The Balaban J connectivity index is 1.65. The van der Waals surface area contributed by atoms with E-state index in [9.17, 15) is 19.1 Å². The monoisotopic (exact) mass is 402 g/mol. The van der Waals surface area contributed by atoms with Gasteiger partial charge in [-0.2, -0.15) is 0 Å². The number of rotatable bonds is 5. The lowest BCUT2D eigenvalue weighted by Gasteiger charge is -2.34. The number of amides is 1. The number of hydrogen-bond donors (Lipinski definition) is 1. The molecule has 2 aliphatic rings. The van der Waals surface area contributed by atoms with Crippen LogP contribution in [0.3, 0.4) is 0 Å². The summed E-state index contributed by atoms with van der Waals surface area (Å²) < 4.78 is 16.2. The van der Waals surface area contributed by atoms with Crippen molar-refractivity contribution in [1.82, 2.24) is 9.21 Å². The van der Waals surface area contributed by atoms with Crippen LogP contribution in [0.4, 0.5) is 4.39 Å². The van der Waals surface area contributed by atoms with E-state index in [1.807, 2.05) is 11.9 Å². The molecule has 0 unspecified atom stereocenters. The molecule has 1 aliphatic carbocycles. The van der Waals surface area contributed by atoms with E-state index in [0.717, 1.165) is 18.3 Å². The van der Waals surface area contributed by atoms with E-state index >= 15 is 0 Å². The molecule has 2 fully saturated rings. The quantitative estimate of drug-likeness (QED) is 0.776. The van der Waals surface area contributed by atoms with Crippen LogP contribution in [0.25, 0.3) is 10.8 Å². The first-order valence-corrected chi connectivity index (χ1v) is 10.4. The molecular weight excluding hydrogens is 379 g/mol. The fourth-order valence-corrected chi connectivity index (χ4v) is 4.83. The molecule has 0 radical (unpaired) electrons. The third-order valence-corrected chi connectivity index (χ3v) is 6.81. The maximum absolute atomic E-state index is 13.9. The highest BCUT2D eigenvalue weighted by atomic mass is 32.2. The second-order valence-electron chi connectivity index (χ2n) is 7.50. The van der Waals surface area contributed by atoms with Crippen molar-refractivity contribution in [3.8, 4) is 0 Å². The molecule has 0 spiro atoms. The lowest BCUT2D eigenvalue weighted by molar-refractivity contribution is -0.136. The van der Waals surface area contributed by atoms with Crippen LogP contribution in [-0.2, 0) is 11.2 Å². The van der Waals surface area contributed by atoms with E-state index in [0.29, 0.717) is 40.6 Å². The number of piperazine rings is 1. The summed E-state index contributed by atoms with van der Waals surface area (Å²) in [4.78, 5) is 26.4. The van der Waals surface area contributed by atoms with Crippen LogP contribution < -0.4 is 0 Å². The number of benzene rings is 2. The first kappa shape index (κ1) is 19.2. The highest BCUT2D eigenvalue weighted by molar-refractivity contribution is 7.97. The number of carbonyl (C=O) groups excluding carboxylic acids is 1. The summed E-state index contributed by atoms with van der Waals surface area (Å²) in [6.07, 6.45) is 2.39. The largest absolute Gasteiger partial charge is 0.481 e. The molecule has 148 valence electrons. The molecule has 2 aromatic rings. The molecular formula is C21H23FN2O3S. The number of carboxylic acid groups (broad SMARTS) is 1. The molecule has 4 rings (SSSR count). The van der Waals surface area contributed by atoms with E-state index in [2.05, 4.69) is 4.31 Å². The topological polar surface area (TPSA) is 60.9 Å². The third kappa shape index (κ3) is 4.00. The van der Waals surface area contributed by atoms with Crippen molar-refractivity contribution in [3.63, 3.8) is 0 Å². The molecule has 0 bridgehead atoms. The van der Waals surface area contributed by atoms with Gasteiger partial charge in [-0.3, -0.25) is 9.59 Å². The molecule has 2 aromatic carbocycles. The minimum absolute atomic E-state index is 0.142. The van der Waals surface area contributed by atoms with Crippen molar-refractivity contribution in [1.29, 1.82) is 0 Å². The molecule has 1 saturated carbocycles. The third-order valence-electron chi connectivity index (χ3n) is 5.37. The second kappa shape index (κ2) is 7.72. The summed E-state index contributed by atoms with van der Waals surface area (Å²) in [6, 6.07) is 6.07. The van der Waals surface area contributed by atoms with Gasteiger partial charge in [0.1, 0.15) is 5.82 Å². The van der Waals surface area contributed by atoms with Crippen molar-refractivity contribution in [2.24, 2.45) is 0 Å². The van der Waals surface area contributed by atoms with Crippen LogP contribution in [0.5, 0.6) is 0 Å². The smallest absolute Gasteiger partial charge is 0.307 e. The fraction of sp³-hybridized carbons (Fsp3) is 0.429. The van der Waals surface area contributed by atoms with Gasteiger partial charge in [0.15, 0.2) is 0 Å². The summed E-state index contributed by atoms with van der Waals surface area (Å²) >= 11 is 1.89. The Morgan fingerprint density at radius 3 is 2.54 bits per heavy atom. The van der Waals surface area contributed by atoms with Crippen LogP contribution in [0.2, 0.25) is 0 Å². The summed E-state index contributed by atoms with van der Waals surface area (Å²) in [7, 11) is 0. The molecule has 28 heavy (non-hydrogen) atoms. The molecule has 1 amide bonds. The standard InChI is InChI=1S/C21H23FN2O3S/c1-13-15(11-19(25)26)10-14-2-3-16(22)12-18(14)20(13)21(27)23-6-8-24(9-7-23)28-17-4-5-17/h2-3,10,12,17H,4-9,11H2,1H3,(H,25,26). The summed E-state index contributed by atoms with van der Waals surface area (Å²) in [5.74, 6) is -1.50. The summed E-state index contributed by atoms with van der Waals surface area (Å²) in [5, 5.41) is 11.2. The lowest BCUT2D eigenvalue weighted by Crippen LogP contribution is -2.46. The fourth-order valence-electron chi connectivity index (χ4n) is 3.69. The second-order valence-corrected chi connectivity index (χ2v) is 8.89. The average Bonchev–Trinajstić information content (AvgIpc) is 3.47. The van der Waals surface area contributed by atoms with Gasteiger partial charge < -0.3 is 10.0 Å². The van der Waals surface area contributed by atoms with Crippen LogP contribution in [0.15, 0.2) is 24.3 Å². The molecule has 1 aliphatic heterocycles. The van der Waals surface area contributed by atoms with Gasteiger partial charge in [-0.15, -0.1) is 0 Å². The Bertz CT molecular complexity index is 937. The molecule has 1 N–H and O–H groups in total. The molecule has 1 saturated heterocycles. The predicted octanol–water partition coefficient (Wildman–Crippen LogP) is 3.48. The zero-order valence-corrected chi connectivity index (χ0v) is 16.6. The van der Waals surface area contributed by atoms with Crippen LogP contribution in [0.1, 0.15) is 34.3 Å². The predicted molar refractivity (Wildman–Crippen MR) is 108 cm³/mol. The normalized spacial score (nSPS) is 17.9. The highest BCUT2D eigenvalue weighted by Crippen LogP contribution is 2.37. The van der Waals surface area contributed by atoms with Crippen LogP contribution >= 0.6 is 11.9 Å². The van der Waals surface area contributed by atoms with Crippen LogP contribution in [0, 0.1) is 12.7 Å². The van der Waals surface area contributed by atoms with Gasteiger partial charge in [-0.25, -0.2) is 8.70 Å². The molecule has 1 heterocycles. The Hall–Kier alpha value is -2.12. The number of nitrogens with zero attached hydrogens (tertiary/aromatic N) is 2. The van der Waals surface area contributed by atoms with Gasteiger partial charge in [0.25, 0.3) is 5.91 Å². The van der Waals surface area contributed by atoms with E-state index in [-0.39, 0.29) is 12.3 Å². The van der Waals surface area contributed by atoms with Crippen molar-refractivity contribution in [3.05, 3.63) is 46.8 Å². The van der Waals surface area contributed by atoms with Gasteiger partial charge in [0, 0.05) is 31.4 Å². The molecule has 0 aromatic heterocycles.